The lowest BCUT2D eigenvalue weighted by molar-refractivity contribution is 0.151. The summed E-state index contributed by atoms with van der Waals surface area (Å²) < 4.78 is 11.8. The van der Waals surface area contributed by atoms with E-state index in [1.54, 1.807) is 0 Å². The third-order valence-electron chi connectivity index (χ3n) is 3.39. The molecule has 2 heterocycles. The average molecular weight is 313 g/mol. The van der Waals surface area contributed by atoms with E-state index in [1.165, 1.54) is 24.8 Å². The Hall–Kier alpha value is -0.780. The molecular weight excluding hydrogens is 296 g/mol. The van der Waals surface area contributed by atoms with Crippen LogP contribution in [0.25, 0.3) is 0 Å². The van der Waals surface area contributed by atoms with Crippen LogP contribution in [0.15, 0.2) is 16.6 Å². The summed E-state index contributed by atoms with van der Waals surface area (Å²) in [6, 6.07) is 4.03. The molecular formula is C13H17BrN2O2. The molecule has 0 saturated carbocycles. The first-order chi connectivity index (χ1) is 8.83. The average Bonchev–Trinajstić information content (AvgIpc) is 2.84. The molecule has 98 valence electrons. The highest BCUT2D eigenvalue weighted by atomic mass is 79.9. The van der Waals surface area contributed by atoms with E-state index in [0.717, 1.165) is 35.6 Å². The Labute approximate surface area is 115 Å². The van der Waals surface area contributed by atoms with Crippen LogP contribution >= 0.6 is 15.9 Å². The smallest absolute Gasteiger partial charge is 0.231 e. The van der Waals surface area contributed by atoms with Crippen molar-refractivity contribution in [2.24, 2.45) is 0 Å². The van der Waals surface area contributed by atoms with Gasteiger partial charge in [-0.25, -0.2) is 5.01 Å². The van der Waals surface area contributed by atoms with Crippen LogP contribution in [0.5, 0.6) is 11.5 Å². The highest BCUT2D eigenvalue weighted by molar-refractivity contribution is 9.10. The Balaban J connectivity index is 1.65. The molecule has 0 unspecified atom stereocenters. The van der Waals surface area contributed by atoms with E-state index in [-0.39, 0.29) is 0 Å². The minimum Gasteiger partial charge on any atom is -0.454 e. The van der Waals surface area contributed by atoms with Gasteiger partial charge in [-0.15, -0.1) is 0 Å². The fourth-order valence-electron chi connectivity index (χ4n) is 2.34. The molecule has 0 radical (unpaired) electrons. The number of benzene rings is 1. The molecule has 0 spiro atoms. The monoisotopic (exact) mass is 312 g/mol. The van der Waals surface area contributed by atoms with E-state index in [0.29, 0.717) is 6.79 Å². The standard InChI is InChI=1S/C13H17BrN2O2/c14-11-7-13-12(17-9-18-13)6-10(11)8-15-16-4-2-1-3-5-16/h6-7,15H,1-5,8-9H2. The van der Waals surface area contributed by atoms with Crippen LogP contribution in [0.4, 0.5) is 0 Å². The molecule has 1 aromatic carbocycles. The van der Waals surface area contributed by atoms with Crippen LogP contribution in [-0.4, -0.2) is 24.9 Å². The fourth-order valence-corrected chi connectivity index (χ4v) is 2.81. The fraction of sp³-hybridized carbons (Fsp3) is 0.538. The van der Waals surface area contributed by atoms with Gasteiger partial charge in [0.05, 0.1) is 0 Å². The number of hydrogen-bond donors (Lipinski definition) is 1. The molecule has 1 fully saturated rings. The number of nitrogens with zero attached hydrogens (tertiary/aromatic N) is 1. The summed E-state index contributed by atoms with van der Waals surface area (Å²) in [5.74, 6) is 1.66. The molecule has 0 atom stereocenters. The van der Waals surface area contributed by atoms with Gasteiger partial charge >= 0.3 is 0 Å². The van der Waals surface area contributed by atoms with Gasteiger partial charge in [0.15, 0.2) is 11.5 Å². The second kappa shape index (κ2) is 5.47. The summed E-state index contributed by atoms with van der Waals surface area (Å²) >= 11 is 3.58. The number of hydrogen-bond acceptors (Lipinski definition) is 4. The molecule has 0 aliphatic carbocycles. The minimum absolute atomic E-state index is 0.324. The SMILES string of the molecule is Brc1cc2c(cc1CNN1CCCCC1)OCO2. The van der Waals surface area contributed by atoms with E-state index >= 15 is 0 Å². The first-order valence-electron chi connectivity index (χ1n) is 6.39. The Kier molecular flexibility index (Phi) is 3.72. The number of hydrazine groups is 1. The summed E-state index contributed by atoms with van der Waals surface area (Å²) in [6.45, 7) is 3.42. The van der Waals surface area contributed by atoms with Crippen LogP contribution in [0.2, 0.25) is 0 Å². The number of piperidine rings is 1. The predicted octanol–water partition coefficient (Wildman–Crippen LogP) is 2.67. The lowest BCUT2D eigenvalue weighted by Crippen LogP contribution is -2.41. The Morgan fingerprint density at radius 1 is 1.11 bits per heavy atom. The maximum atomic E-state index is 5.40. The molecule has 3 rings (SSSR count). The van der Waals surface area contributed by atoms with Gasteiger partial charge in [-0.1, -0.05) is 22.4 Å². The maximum absolute atomic E-state index is 5.40. The van der Waals surface area contributed by atoms with Gasteiger partial charge in [-0.3, -0.25) is 5.43 Å². The minimum atomic E-state index is 0.324. The summed E-state index contributed by atoms with van der Waals surface area (Å²) in [4.78, 5) is 0. The Morgan fingerprint density at radius 3 is 2.61 bits per heavy atom. The van der Waals surface area contributed by atoms with E-state index in [1.807, 2.05) is 12.1 Å². The quantitative estimate of drug-likeness (QED) is 0.930. The number of fused-ring (bicyclic) bond motifs is 1. The van der Waals surface area contributed by atoms with Gasteiger partial charge in [-0.05, 0) is 30.5 Å². The predicted molar refractivity (Wildman–Crippen MR) is 72.5 cm³/mol. The normalized spacial score (nSPS) is 19.2. The van der Waals surface area contributed by atoms with Crippen LogP contribution in [-0.2, 0) is 6.54 Å². The van der Waals surface area contributed by atoms with E-state index in [2.05, 4.69) is 26.4 Å². The van der Waals surface area contributed by atoms with Gasteiger partial charge in [0.25, 0.3) is 0 Å². The molecule has 0 aromatic heterocycles. The van der Waals surface area contributed by atoms with Gasteiger partial charge in [0, 0.05) is 24.1 Å². The summed E-state index contributed by atoms with van der Waals surface area (Å²) in [6.07, 6.45) is 3.93. The zero-order valence-corrected chi connectivity index (χ0v) is 11.8. The molecule has 2 aliphatic rings. The van der Waals surface area contributed by atoms with Crippen LogP contribution in [0.1, 0.15) is 24.8 Å². The third-order valence-corrected chi connectivity index (χ3v) is 4.13. The lowest BCUT2D eigenvalue weighted by atomic mass is 10.1. The first kappa shape index (κ1) is 12.3. The Bertz CT molecular complexity index is 433. The molecule has 2 aliphatic heterocycles. The van der Waals surface area contributed by atoms with E-state index in [9.17, 15) is 0 Å². The second-order valence-corrected chi connectivity index (χ2v) is 5.53. The second-order valence-electron chi connectivity index (χ2n) is 4.68. The number of halogens is 1. The molecule has 18 heavy (non-hydrogen) atoms. The number of ether oxygens (including phenoxy) is 2. The highest BCUT2D eigenvalue weighted by Crippen LogP contribution is 2.36. The van der Waals surface area contributed by atoms with Crippen molar-refractivity contribution >= 4 is 15.9 Å². The van der Waals surface area contributed by atoms with Crippen molar-refractivity contribution < 1.29 is 9.47 Å². The highest BCUT2D eigenvalue weighted by Gasteiger charge is 2.17. The topological polar surface area (TPSA) is 33.7 Å². The molecule has 5 heteroatoms. The van der Waals surface area contributed by atoms with Crippen molar-refractivity contribution in [3.8, 4) is 11.5 Å². The van der Waals surface area contributed by atoms with Crippen molar-refractivity contribution in [1.82, 2.24) is 10.4 Å². The Morgan fingerprint density at radius 2 is 1.83 bits per heavy atom. The van der Waals surface area contributed by atoms with Gasteiger partial charge < -0.3 is 9.47 Å². The van der Waals surface area contributed by atoms with Crippen molar-refractivity contribution in [1.29, 1.82) is 0 Å². The first-order valence-corrected chi connectivity index (χ1v) is 7.19. The molecule has 1 saturated heterocycles. The number of rotatable bonds is 3. The van der Waals surface area contributed by atoms with E-state index in [4.69, 9.17) is 9.47 Å². The van der Waals surface area contributed by atoms with Crippen molar-refractivity contribution in [2.75, 3.05) is 19.9 Å². The van der Waals surface area contributed by atoms with Gasteiger partial charge in [0.2, 0.25) is 6.79 Å². The zero-order valence-electron chi connectivity index (χ0n) is 10.2. The molecule has 1 N–H and O–H groups in total. The summed E-state index contributed by atoms with van der Waals surface area (Å²) in [7, 11) is 0. The third kappa shape index (κ3) is 2.63. The zero-order chi connectivity index (χ0) is 12.4. The lowest BCUT2D eigenvalue weighted by Gasteiger charge is -2.27. The van der Waals surface area contributed by atoms with E-state index < -0.39 is 0 Å². The van der Waals surface area contributed by atoms with Crippen LogP contribution in [0, 0.1) is 0 Å². The molecule has 0 bridgehead atoms. The maximum Gasteiger partial charge on any atom is 0.231 e. The summed E-state index contributed by atoms with van der Waals surface area (Å²) in [5, 5.41) is 2.31. The molecule has 0 amide bonds. The van der Waals surface area contributed by atoms with Crippen LogP contribution in [0.3, 0.4) is 0 Å². The summed E-state index contributed by atoms with van der Waals surface area (Å²) in [5.41, 5.74) is 4.68. The number of nitrogens with one attached hydrogen (secondary N) is 1. The van der Waals surface area contributed by atoms with Crippen molar-refractivity contribution in [3.63, 3.8) is 0 Å². The van der Waals surface area contributed by atoms with Crippen molar-refractivity contribution in [2.45, 2.75) is 25.8 Å². The molecule has 1 aromatic rings. The molecule has 4 nitrogen and oxygen atoms in total. The van der Waals surface area contributed by atoms with Crippen molar-refractivity contribution in [3.05, 3.63) is 22.2 Å². The van der Waals surface area contributed by atoms with Crippen LogP contribution < -0.4 is 14.9 Å². The van der Waals surface area contributed by atoms with Gasteiger partial charge in [0.1, 0.15) is 0 Å². The largest absolute Gasteiger partial charge is 0.454 e. The van der Waals surface area contributed by atoms with Gasteiger partial charge in [-0.2, -0.15) is 0 Å².